The number of fused-ring (bicyclic) bond motifs is 1. The molecule has 0 aliphatic rings. The van der Waals surface area contributed by atoms with Crippen LogP contribution >= 0.6 is 11.8 Å². The number of nitrogens with two attached hydrogens (primary N) is 1. The second-order valence-electron chi connectivity index (χ2n) is 7.01. The van der Waals surface area contributed by atoms with E-state index in [1.807, 2.05) is 30.5 Å². The summed E-state index contributed by atoms with van der Waals surface area (Å²) in [6.07, 6.45) is 3.30. The van der Waals surface area contributed by atoms with Crippen LogP contribution in [0, 0.1) is 0 Å². The average Bonchev–Trinajstić information content (AvgIpc) is 3.12. The van der Waals surface area contributed by atoms with Crippen molar-refractivity contribution in [3.05, 3.63) is 36.0 Å². The van der Waals surface area contributed by atoms with Gasteiger partial charge in [-0.1, -0.05) is 18.2 Å². The normalized spacial score (nSPS) is 13.9. The van der Waals surface area contributed by atoms with E-state index in [2.05, 4.69) is 15.6 Å². The van der Waals surface area contributed by atoms with Gasteiger partial charge in [-0.2, -0.15) is 11.8 Å². The van der Waals surface area contributed by atoms with Gasteiger partial charge < -0.3 is 31.6 Å². The van der Waals surface area contributed by atoms with Gasteiger partial charge in [-0.05, 0) is 36.5 Å². The number of carbonyl (C=O) groups excluding carboxylic acids is 2. The molecule has 0 radical (unpaired) electrons. The molecule has 1 aromatic carbocycles. The van der Waals surface area contributed by atoms with Crippen LogP contribution in [0.3, 0.4) is 0 Å². The molecule has 2 rings (SSSR count). The van der Waals surface area contributed by atoms with Crippen molar-refractivity contribution in [2.45, 2.75) is 37.4 Å². The predicted molar refractivity (Wildman–Crippen MR) is 117 cm³/mol. The van der Waals surface area contributed by atoms with Crippen molar-refractivity contribution in [2.24, 2.45) is 5.73 Å². The zero-order valence-corrected chi connectivity index (χ0v) is 17.8. The molecule has 0 aliphatic carbocycles. The molecule has 2 amide bonds. The topological polar surface area (TPSA) is 175 Å². The molecule has 0 saturated carbocycles. The number of hydrogen-bond acceptors (Lipinski definition) is 6. The largest absolute Gasteiger partial charge is 0.481 e. The first kappa shape index (κ1) is 24.2. The molecule has 31 heavy (non-hydrogen) atoms. The highest BCUT2D eigenvalue weighted by atomic mass is 32.2. The van der Waals surface area contributed by atoms with Gasteiger partial charge in [-0.15, -0.1) is 0 Å². The highest BCUT2D eigenvalue weighted by molar-refractivity contribution is 7.98. The van der Waals surface area contributed by atoms with Crippen molar-refractivity contribution in [1.82, 2.24) is 15.6 Å². The van der Waals surface area contributed by atoms with Gasteiger partial charge in [-0.25, -0.2) is 4.79 Å². The summed E-state index contributed by atoms with van der Waals surface area (Å²) in [5.41, 5.74) is 7.83. The van der Waals surface area contributed by atoms with Crippen LogP contribution < -0.4 is 16.4 Å². The van der Waals surface area contributed by atoms with Crippen LogP contribution in [0.2, 0.25) is 0 Å². The molecule has 168 valence electrons. The number of benzene rings is 1. The molecular weight excluding hydrogens is 424 g/mol. The lowest BCUT2D eigenvalue weighted by Crippen LogP contribution is -2.55. The van der Waals surface area contributed by atoms with Gasteiger partial charge >= 0.3 is 11.9 Å². The van der Waals surface area contributed by atoms with Gasteiger partial charge in [0, 0.05) is 17.1 Å². The van der Waals surface area contributed by atoms with Gasteiger partial charge in [0.1, 0.15) is 12.1 Å². The molecule has 0 unspecified atom stereocenters. The fraction of sp³-hybridized carbons (Fsp3) is 0.400. The summed E-state index contributed by atoms with van der Waals surface area (Å²) < 4.78 is 0. The van der Waals surface area contributed by atoms with Crippen molar-refractivity contribution in [3.63, 3.8) is 0 Å². The Morgan fingerprint density at radius 1 is 1.10 bits per heavy atom. The first-order valence-corrected chi connectivity index (χ1v) is 11.0. The lowest BCUT2D eigenvalue weighted by molar-refractivity contribution is -0.147. The zero-order chi connectivity index (χ0) is 23.0. The summed E-state index contributed by atoms with van der Waals surface area (Å²) in [5, 5.41) is 23.7. The molecule has 1 heterocycles. The van der Waals surface area contributed by atoms with E-state index < -0.39 is 48.3 Å². The van der Waals surface area contributed by atoms with Crippen molar-refractivity contribution < 1.29 is 29.4 Å². The van der Waals surface area contributed by atoms with Gasteiger partial charge in [0.05, 0.1) is 12.5 Å². The minimum Gasteiger partial charge on any atom is -0.481 e. The Balaban J connectivity index is 2.05. The second kappa shape index (κ2) is 11.4. The predicted octanol–water partition coefficient (Wildman–Crippen LogP) is 0.320. The maximum absolute atomic E-state index is 12.6. The van der Waals surface area contributed by atoms with Gasteiger partial charge in [0.2, 0.25) is 11.8 Å². The number of carboxylic acid groups (broad SMARTS) is 2. The maximum Gasteiger partial charge on any atom is 0.326 e. The van der Waals surface area contributed by atoms with E-state index in [0.717, 1.165) is 16.5 Å². The number of rotatable bonds is 12. The van der Waals surface area contributed by atoms with Crippen molar-refractivity contribution in [1.29, 1.82) is 0 Å². The lowest BCUT2D eigenvalue weighted by Gasteiger charge is -2.22. The molecule has 3 atom stereocenters. The first-order chi connectivity index (χ1) is 14.7. The van der Waals surface area contributed by atoms with Gasteiger partial charge in [0.15, 0.2) is 0 Å². The third kappa shape index (κ3) is 7.00. The van der Waals surface area contributed by atoms with Crippen LogP contribution in [0.25, 0.3) is 10.9 Å². The van der Waals surface area contributed by atoms with Crippen molar-refractivity contribution >= 4 is 46.4 Å². The number of amides is 2. The number of para-hydroxylation sites is 1. The van der Waals surface area contributed by atoms with Crippen LogP contribution in [0.5, 0.6) is 0 Å². The number of aromatic amines is 1. The van der Waals surface area contributed by atoms with Gasteiger partial charge in [-0.3, -0.25) is 14.4 Å². The maximum atomic E-state index is 12.6. The highest BCUT2D eigenvalue weighted by Crippen LogP contribution is 2.18. The molecule has 10 nitrogen and oxygen atoms in total. The smallest absolute Gasteiger partial charge is 0.326 e. The third-order valence-electron chi connectivity index (χ3n) is 4.69. The van der Waals surface area contributed by atoms with Crippen LogP contribution in [0.4, 0.5) is 0 Å². The summed E-state index contributed by atoms with van der Waals surface area (Å²) in [6, 6.07) is 4.02. The number of nitrogens with one attached hydrogen (secondary N) is 3. The number of H-pyrrole nitrogens is 1. The Morgan fingerprint density at radius 2 is 1.77 bits per heavy atom. The Labute approximate surface area is 182 Å². The monoisotopic (exact) mass is 450 g/mol. The molecule has 0 bridgehead atoms. The number of hydrogen-bond donors (Lipinski definition) is 6. The molecule has 0 fully saturated rings. The quantitative estimate of drug-likeness (QED) is 0.268. The molecule has 1 aromatic heterocycles. The fourth-order valence-corrected chi connectivity index (χ4v) is 3.53. The first-order valence-electron chi connectivity index (χ1n) is 9.57. The van der Waals surface area contributed by atoms with Gasteiger partial charge in [0.25, 0.3) is 0 Å². The molecule has 0 saturated heterocycles. The molecule has 7 N–H and O–H groups in total. The standard InChI is InChI=1S/C20H26N4O6S/c1-31-7-6-15(19(28)24-16(20(29)30)9-17(25)26)23-18(27)13(21)8-11-10-22-14-5-3-2-4-12(11)14/h2-5,10,13,15-16,22H,6-9,21H2,1H3,(H,23,27)(H,24,28)(H,25,26)(H,29,30)/t13-,15+,16+/m1/s1. The molecule has 11 heteroatoms. The summed E-state index contributed by atoms with van der Waals surface area (Å²) >= 11 is 1.45. The Morgan fingerprint density at radius 3 is 2.42 bits per heavy atom. The molecule has 0 spiro atoms. The van der Waals surface area contributed by atoms with Crippen LogP contribution in [-0.4, -0.2) is 69.1 Å². The summed E-state index contributed by atoms with van der Waals surface area (Å²) in [4.78, 5) is 50.4. The zero-order valence-electron chi connectivity index (χ0n) is 17.0. The van der Waals surface area contributed by atoms with Crippen molar-refractivity contribution in [3.8, 4) is 0 Å². The number of carbonyl (C=O) groups is 4. The van der Waals surface area contributed by atoms with Crippen LogP contribution in [0.15, 0.2) is 30.5 Å². The Bertz CT molecular complexity index is 947. The summed E-state index contributed by atoms with van der Waals surface area (Å²) in [6.45, 7) is 0. The minimum atomic E-state index is -1.60. The van der Waals surface area contributed by atoms with E-state index in [4.69, 9.17) is 15.9 Å². The minimum absolute atomic E-state index is 0.234. The molecule has 0 aliphatic heterocycles. The van der Waals surface area contributed by atoms with E-state index in [1.165, 1.54) is 11.8 Å². The Hall–Kier alpha value is -3.05. The Kier molecular flexibility index (Phi) is 8.88. The number of thioether (sulfide) groups is 1. The molecular formula is C20H26N4O6S. The second-order valence-corrected chi connectivity index (χ2v) is 8.00. The van der Waals surface area contributed by atoms with E-state index >= 15 is 0 Å². The molecule has 2 aromatic rings. The third-order valence-corrected chi connectivity index (χ3v) is 5.33. The van der Waals surface area contributed by atoms with Crippen molar-refractivity contribution in [2.75, 3.05) is 12.0 Å². The van der Waals surface area contributed by atoms with E-state index in [9.17, 15) is 19.2 Å². The van der Waals surface area contributed by atoms with Crippen LogP contribution in [-0.2, 0) is 25.6 Å². The lowest BCUT2D eigenvalue weighted by atomic mass is 10.0. The number of aliphatic carboxylic acids is 2. The summed E-state index contributed by atoms with van der Waals surface area (Å²) in [5.74, 6) is -3.64. The number of aromatic nitrogens is 1. The average molecular weight is 451 g/mol. The highest BCUT2D eigenvalue weighted by Gasteiger charge is 2.29. The summed E-state index contributed by atoms with van der Waals surface area (Å²) in [7, 11) is 0. The number of carboxylic acids is 2. The van der Waals surface area contributed by atoms with E-state index in [-0.39, 0.29) is 12.8 Å². The SMILES string of the molecule is CSCC[C@H](NC(=O)[C@H](N)Cc1c[nH]c2ccccc12)C(=O)N[C@@H](CC(=O)O)C(=O)O. The fourth-order valence-electron chi connectivity index (χ4n) is 3.06. The van der Waals surface area contributed by atoms with Crippen LogP contribution in [0.1, 0.15) is 18.4 Å². The van der Waals surface area contributed by atoms with E-state index in [1.54, 1.807) is 6.20 Å². The van der Waals surface area contributed by atoms with E-state index in [0.29, 0.717) is 5.75 Å².